The molecule has 2 aromatic heterocycles. The Balaban J connectivity index is 2.04. The van der Waals surface area contributed by atoms with E-state index in [2.05, 4.69) is 9.88 Å². The first-order chi connectivity index (χ1) is 9.09. The lowest BCUT2D eigenvalue weighted by atomic mass is 10.4. The highest BCUT2D eigenvalue weighted by atomic mass is 32.1. The third-order valence-corrected chi connectivity index (χ3v) is 3.96. The second-order valence-electron chi connectivity index (χ2n) is 4.47. The van der Waals surface area contributed by atoms with E-state index in [1.807, 2.05) is 25.5 Å². The number of nitrogens with zero attached hydrogens (tertiary/aromatic N) is 2. The Morgan fingerprint density at radius 2 is 2.26 bits per heavy atom. The van der Waals surface area contributed by atoms with Crippen LogP contribution < -0.4 is 5.56 Å². The van der Waals surface area contributed by atoms with E-state index in [1.54, 1.807) is 4.57 Å². The highest BCUT2D eigenvalue weighted by Gasteiger charge is 2.06. The monoisotopic (exact) mass is 299 g/mol. The maximum absolute atomic E-state index is 12.2. The molecule has 0 fully saturated rings. The quantitative estimate of drug-likeness (QED) is 0.651. The summed E-state index contributed by atoms with van der Waals surface area (Å²) in [5.41, 5.74) is 0.773. The van der Waals surface area contributed by atoms with Gasteiger partial charge in [0.1, 0.15) is 4.70 Å². The van der Waals surface area contributed by atoms with Gasteiger partial charge in [0, 0.05) is 6.54 Å². The van der Waals surface area contributed by atoms with Gasteiger partial charge >= 0.3 is 0 Å². The number of hydrogen-bond acceptors (Lipinski definition) is 5. The van der Waals surface area contributed by atoms with Gasteiger partial charge in [-0.3, -0.25) is 9.36 Å². The first-order valence-electron chi connectivity index (χ1n) is 6.02. The molecule has 0 bridgehead atoms. The molecule has 19 heavy (non-hydrogen) atoms. The van der Waals surface area contributed by atoms with Gasteiger partial charge in [0.25, 0.3) is 5.56 Å². The summed E-state index contributed by atoms with van der Waals surface area (Å²) in [5.74, 6) is 0. The number of likely N-dealkylation sites (N-methyl/N-ethyl adjacent to an activating group) is 1. The number of thiophene rings is 1. The Morgan fingerprint density at radius 1 is 1.47 bits per heavy atom. The van der Waals surface area contributed by atoms with Gasteiger partial charge in [-0.2, -0.15) is 0 Å². The largest absolute Gasteiger partial charge is 0.378 e. The average Bonchev–Trinajstić information content (AvgIpc) is 2.80. The maximum Gasteiger partial charge on any atom is 0.272 e. The zero-order valence-corrected chi connectivity index (χ0v) is 12.6. The molecule has 0 saturated carbocycles. The molecule has 7 heteroatoms. The number of aromatic nitrogens is 2. The molecule has 0 amide bonds. The third-order valence-electron chi connectivity index (χ3n) is 2.73. The fourth-order valence-electron chi connectivity index (χ4n) is 1.68. The van der Waals surface area contributed by atoms with E-state index in [0.29, 0.717) is 29.2 Å². The van der Waals surface area contributed by atoms with Gasteiger partial charge in [-0.15, -0.1) is 11.3 Å². The molecule has 0 unspecified atom stereocenters. The average molecular weight is 299 g/mol. The van der Waals surface area contributed by atoms with Crippen LogP contribution in [0.2, 0.25) is 0 Å². The SMILES string of the molecule is CN(C)CCOCCn1c(=S)[nH]c2ccsc2c1=O. The van der Waals surface area contributed by atoms with Crippen molar-refractivity contribution < 1.29 is 4.74 Å². The summed E-state index contributed by atoms with van der Waals surface area (Å²) < 4.78 is 8.21. The van der Waals surface area contributed by atoms with E-state index in [9.17, 15) is 4.79 Å². The van der Waals surface area contributed by atoms with Crippen molar-refractivity contribution in [3.8, 4) is 0 Å². The highest BCUT2D eigenvalue weighted by Crippen LogP contribution is 2.13. The number of hydrogen-bond donors (Lipinski definition) is 1. The van der Waals surface area contributed by atoms with Crippen LogP contribution in [-0.2, 0) is 11.3 Å². The second-order valence-corrected chi connectivity index (χ2v) is 5.77. The smallest absolute Gasteiger partial charge is 0.272 e. The van der Waals surface area contributed by atoms with Gasteiger partial charge in [-0.1, -0.05) is 0 Å². The maximum atomic E-state index is 12.2. The lowest BCUT2D eigenvalue weighted by molar-refractivity contribution is 0.110. The van der Waals surface area contributed by atoms with E-state index in [-0.39, 0.29) is 5.56 Å². The molecular weight excluding hydrogens is 282 g/mol. The second kappa shape index (κ2) is 6.42. The summed E-state index contributed by atoms with van der Waals surface area (Å²) >= 11 is 6.63. The first kappa shape index (κ1) is 14.4. The summed E-state index contributed by atoms with van der Waals surface area (Å²) in [6, 6.07) is 1.87. The fourth-order valence-corrected chi connectivity index (χ4v) is 2.76. The standard InChI is InChI=1S/C12H17N3O2S2/c1-14(2)4-6-17-7-5-15-11(16)10-9(3-8-19-10)13-12(15)18/h3,8H,4-7H2,1-2H3,(H,13,18). The molecule has 0 aromatic carbocycles. The third kappa shape index (κ3) is 3.50. The molecule has 0 saturated heterocycles. The molecule has 0 aliphatic carbocycles. The summed E-state index contributed by atoms with van der Waals surface area (Å²) in [5, 5.41) is 1.88. The van der Waals surface area contributed by atoms with Crippen LogP contribution in [0.5, 0.6) is 0 Å². The minimum atomic E-state index is -0.0371. The normalized spacial score (nSPS) is 11.5. The molecule has 2 heterocycles. The summed E-state index contributed by atoms with van der Waals surface area (Å²) in [7, 11) is 3.99. The molecule has 0 spiro atoms. The summed E-state index contributed by atoms with van der Waals surface area (Å²) in [6.45, 7) is 2.49. The molecular formula is C12H17N3O2S2. The van der Waals surface area contributed by atoms with Gasteiger partial charge in [-0.25, -0.2) is 0 Å². The Morgan fingerprint density at radius 3 is 3.00 bits per heavy atom. The predicted molar refractivity (Wildman–Crippen MR) is 80.6 cm³/mol. The Labute approximate surface area is 120 Å². The molecule has 1 N–H and O–H groups in total. The Bertz CT molecular complexity index is 657. The first-order valence-corrected chi connectivity index (χ1v) is 7.31. The van der Waals surface area contributed by atoms with Crippen LogP contribution in [0.15, 0.2) is 16.2 Å². The lowest BCUT2D eigenvalue weighted by Gasteiger charge is -2.10. The minimum Gasteiger partial charge on any atom is -0.378 e. The van der Waals surface area contributed by atoms with Gasteiger partial charge in [0.05, 0.1) is 25.3 Å². The van der Waals surface area contributed by atoms with E-state index in [0.717, 1.165) is 12.1 Å². The van der Waals surface area contributed by atoms with Crippen LogP contribution in [0.1, 0.15) is 0 Å². The molecule has 5 nitrogen and oxygen atoms in total. The number of nitrogens with one attached hydrogen (secondary N) is 1. The Hall–Kier alpha value is -1.02. The summed E-state index contributed by atoms with van der Waals surface area (Å²) in [4.78, 5) is 17.3. The molecule has 0 radical (unpaired) electrons. The Kier molecular flexibility index (Phi) is 4.87. The molecule has 0 aliphatic heterocycles. The van der Waals surface area contributed by atoms with Crippen molar-refractivity contribution >= 4 is 33.8 Å². The van der Waals surface area contributed by atoms with Crippen molar-refractivity contribution in [3.63, 3.8) is 0 Å². The fraction of sp³-hybridized carbons (Fsp3) is 0.500. The molecule has 104 valence electrons. The van der Waals surface area contributed by atoms with Crippen LogP contribution in [-0.4, -0.2) is 48.3 Å². The minimum absolute atomic E-state index is 0.0371. The number of fused-ring (bicyclic) bond motifs is 1. The summed E-state index contributed by atoms with van der Waals surface area (Å²) in [6.07, 6.45) is 0. The molecule has 2 rings (SSSR count). The van der Waals surface area contributed by atoms with Gasteiger partial charge < -0.3 is 14.6 Å². The van der Waals surface area contributed by atoms with Crippen molar-refractivity contribution in [2.75, 3.05) is 33.9 Å². The van der Waals surface area contributed by atoms with Crippen molar-refractivity contribution in [3.05, 3.63) is 26.6 Å². The van der Waals surface area contributed by atoms with Gasteiger partial charge in [0.2, 0.25) is 0 Å². The van der Waals surface area contributed by atoms with Crippen LogP contribution in [0.25, 0.3) is 10.2 Å². The number of H-pyrrole nitrogens is 1. The number of ether oxygens (including phenoxy) is 1. The lowest BCUT2D eigenvalue weighted by Crippen LogP contribution is -2.25. The van der Waals surface area contributed by atoms with Crippen LogP contribution in [0, 0.1) is 4.77 Å². The van der Waals surface area contributed by atoms with Crippen LogP contribution in [0.4, 0.5) is 0 Å². The molecule has 2 aromatic rings. The molecule has 0 atom stereocenters. The van der Waals surface area contributed by atoms with Crippen molar-refractivity contribution in [2.45, 2.75) is 6.54 Å². The molecule has 0 aliphatic rings. The number of aromatic amines is 1. The van der Waals surface area contributed by atoms with E-state index in [4.69, 9.17) is 17.0 Å². The van der Waals surface area contributed by atoms with E-state index >= 15 is 0 Å². The van der Waals surface area contributed by atoms with Gasteiger partial charge in [-0.05, 0) is 37.8 Å². The van der Waals surface area contributed by atoms with Crippen molar-refractivity contribution in [1.82, 2.24) is 14.5 Å². The van der Waals surface area contributed by atoms with Crippen molar-refractivity contribution in [2.24, 2.45) is 0 Å². The van der Waals surface area contributed by atoms with Crippen LogP contribution >= 0.6 is 23.6 Å². The van der Waals surface area contributed by atoms with Crippen molar-refractivity contribution in [1.29, 1.82) is 0 Å². The van der Waals surface area contributed by atoms with E-state index in [1.165, 1.54) is 11.3 Å². The predicted octanol–water partition coefficient (Wildman–Crippen LogP) is 1.70. The van der Waals surface area contributed by atoms with E-state index < -0.39 is 0 Å². The zero-order valence-electron chi connectivity index (χ0n) is 11.0. The highest BCUT2D eigenvalue weighted by molar-refractivity contribution is 7.71. The van der Waals surface area contributed by atoms with Gasteiger partial charge in [0.15, 0.2) is 4.77 Å². The zero-order chi connectivity index (χ0) is 13.8. The topological polar surface area (TPSA) is 50.3 Å². The number of rotatable bonds is 6. The van der Waals surface area contributed by atoms with Crippen LogP contribution in [0.3, 0.4) is 0 Å².